The highest BCUT2D eigenvalue weighted by atomic mass is 16.5. The third kappa shape index (κ3) is 8.22. The molecule has 0 heterocycles. The van der Waals surface area contributed by atoms with E-state index in [1.165, 1.54) is 0 Å². The fourth-order valence-corrected chi connectivity index (χ4v) is 0.837. The molecule has 13 heavy (non-hydrogen) atoms. The van der Waals surface area contributed by atoms with Gasteiger partial charge in [-0.15, -0.1) is 0 Å². The Labute approximate surface area is 81.5 Å². The van der Waals surface area contributed by atoms with Crippen LogP contribution in [0.15, 0.2) is 0 Å². The first kappa shape index (κ1) is 12.9. The Bertz CT molecular complexity index is 124. The maximum atomic E-state index is 8.94. The minimum Gasteiger partial charge on any atom is -0.394 e. The maximum absolute atomic E-state index is 8.94. The molecule has 0 bridgehead atoms. The molecule has 3 nitrogen and oxygen atoms in total. The van der Waals surface area contributed by atoms with Gasteiger partial charge in [0, 0.05) is 18.7 Å². The molecule has 0 aromatic heterocycles. The molecule has 0 aliphatic carbocycles. The van der Waals surface area contributed by atoms with Gasteiger partial charge < -0.3 is 15.2 Å². The van der Waals surface area contributed by atoms with Crippen molar-refractivity contribution in [2.24, 2.45) is 5.92 Å². The molecule has 0 radical (unpaired) electrons. The average Bonchev–Trinajstić information content (AvgIpc) is 2.03. The Kier molecular flexibility index (Phi) is 6.29. The number of ether oxygens (including phenoxy) is 1. The van der Waals surface area contributed by atoms with Crippen LogP contribution in [0.3, 0.4) is 0 Å². The Balaban J connectivity index is 3.26. The Morgan fingerprint density at radius 2 is 2.00 bits per heavy atom. The summed E-state index contributed by atoms with van der Waals surface area (Å²) in [5, 5.41) is 12.1. The third-order valence-corrected chi connectivity index (χ3v) is 1.70. The van der Waals surface area contributed by atoms with Crippen LogP contribution in [0.2, 0.25) is 0 Å². The molecule has 0 amide bonds. The van der Waals surface area contributed by atoms with Gasteiger partial charge in [-0.05, 0) is 19.8 Å². The van der Waals surface area contributed by atoms with Crippen LogP contribution in [0.25, 0.3) is 0 Å². The Hall–Kier alpha value is -0.120. The molecule has 0 atom stereocenters. The van der Waals surface area contributed by atoms with Crippen LogP contribution in [-0.4, -0.2) is 37.0 Å². The molecule has 0 unspecified atom stereocenters. The smallest absolute Gasteiger partial charge is 0.0607 e. The number of nitrogens with one attached hydrogen (secondary N) is 1. The number of aliphatic hydroxyl groups is 1. The molecule has 0 aliphatic rings. The van der Waals surface area contributed by atoms with Gasteiger partial charge in [0.1, 0.15) is 0 Å². The Morgan fingerprint density at radius 1 is 1.38 bits per heavy atom. The van der Waals surface area contributed by atoms with E-state index in [0.717, 1.165) is 13.2 Å². The molecule has 0 rings (SSSR count). The van der Waals surface area contributed by atoms with Crippen LogP contribution in [0, 0.1) is 5.92 Å². The van der Waals surface area contributed by atoms with Crippen molar-refractivity contribution in [3.05, 3.63) is 0 Å². The van der Waals surface area contributed by atoms with E-state index in [2.05, 4.69) is 19.2 Å². The van der Waals surface area contributed by atoms with Gasteiger partial charge in [-0.3, -0.25) is 0 Å². The van der Waals surface area contributed by atoms with E-state index >= 15 is 0 Å². The summed E-state index contributed by atoms with van der Waals surface area (Å²) in [6.07, 6.45) is 0. The van der Waals surface area contributed by atoms with Crippen LogP contribution in [0.4, 0.5) is 0 Å². The second-order valence-electron chi connectivity index (χ2n) is 4.44. The first-order valence-corrected chi connectivity index (χ1v) is 4.91. The van der Waals surface area contributed by atoms with Crippen LogP contribution in [0.1, 0.15) is 27.7 Å². The van der Waals surface area contributed by atoms with Gasteiger partial charge in [-0.1, -0.05) is 13.8 Å². The first-order valence-electron chi connectivity index (χ1n) is 4.91. The van der Waals surface area contributed by atoms with Gasteiger partial charge in [0.05, 0.1) is 13.2 Å². The molecule has 0 aromatic rings. The lowest BCUT2D eigenvalue weighted by Crippen LogP contribution is -2.44. The second kappa shape index (κ2) is 6.35. The molecule has 0 saturated heterocycles. The average molecular weight is 189 g/mol. The molecule has 0 fully saturated rings. The van der Waals surface area contributed by atoms with E-state index in [1.807, 2.05) is 13.8 Å². The van der Waals surface area contributed by atoms with Gasteiger partial charge in [0.15, 0.2) is 0 Å². The SMILES string of the molecule is CC(C)COCCNC(C)(C)CO. The number of hydrogen-bond donors (Lipinski definition) is 2. The summed E-state index contributed by atoms with van der Waals surface area (Å²) in [6, 6.07) is 0. The summed E-state index contributed by atoms with van der Waals surface area (Å²) in [6.45, 7) is 10.7. The molecule has 0 spiro atoms. The zero-order valence-corrected chi connectivity index (χ0v) is 9.26. The van der Waals surface area contributed by atoms with E-state index in [9.17, 15) is 0 Å². The third-order valence-electron chi connectivity index (χ3n) is 1.70. The second-order valence-corrected chi connectivity index (χ2v) is 4.44. The van der Waals surface area contributed by atoms with Crippen molar-refractivity contribution in [1.82, 2.24) is 5.32 Å². The molecule has 0 aromatic carbocycles. The lowest BCUT2D eigenvalue weighted by molar-refractivity contribution is 0.101. The van der Waals surface area contributed by atoms with E-state index < -0.39 is 0 Å². The van der Waals surface area contributed by atoms with Gasteiger partial charge in [-0.2, -0.15) is 0 Å². The highest BCUT2D eigenvalue weighted by Crippen LogP contribution is 1.98. The topological polar surface area (TPSA) is 41.5 Å². The van der Waals surface area contributed by atoms with Crippen molar-refractivity contribution in [3.8, 4) is 0 Å². The Morgan fingerprint density at radius 3 is 2.46 bits per heavy atom. The molecular weight excluding hydrogens is 166 g/mol. The molecular formula is C10H23NO2. The fraction of sp³-hybridized carbons (Fsp3) is 1.00. The quantitative estimate of drug-likeness (QED) is 0.588. The summed E-state index contributed by atoms with van der Waals surface area (Å²) in [5.41, 5.74) is -0.193. The van der Waals surface area contributed by atoms with E-state index in [0.29, 0.717) is 12.5 Å². The van der Waals surface area contributed by atoms with E-state index in [4.69, 9.17) is 9.84 Å². The molecule has 0 aliphatic heterocycles. The number of hydrogen-bond acceptors (Lipinski definition) is 3. The summed E-state index contributed by atoms with van der Waals surface area (Å²) < 4.78 is 5.39. The van der Waals surface area contributed by atoms with Gasteiger partial charge in [0.25, 0.3) is 0 Å². The fourth-order valence-electron chi connectivity index (χ4n) is 0.837. The summed E-state index contributed by atoms with van der Waals surface area (Å²) in [7, 11) is 0. The first-order chi connectivity index (χ1) is 5.98. The molecule has 3 heteroatoms. The van der Waals surface area contributed by atoms with Gasteiger partial charge in [-0.25, -0.2) is 0 Å². The van der Waals surface area contributed by atoms with Crippen LogP contribution in [-0.2, 0) is 4.74 Å². The highest BCUT2D eigenvalue weighted by molar-refractivity contribution is 4.75. The molecule has 80 valence electrons. The van der Waals surface area contributed by atoms with Crippen LogP contribution < -0.4 is 5.32 Å². The zero-order chi connectivity index (χ0) is 10.3. The lowest BCUT2D eigenvalue weighted by atomic mass is 10.1. The minimum absolute atomic E-state index is 0.150. The van der Waals surface area contributed by atoms with Crippen molar-refractivity contribution in [3.63, 3.8) is 0 Å². The maximum Gasteiger partial charge on any atom is 0.0607 e. The van der Waals surface area contributed by atoms with Gasteiger partial charge in [0.2, 0.25) is 0 Å². The van der Waals surface area contributed by atoms with Crippen molar-refractivity contribution in [2.75, 3.05) is 26.4 Å². The van der Waals surface area contributed by atoms with Crippen molar-refractivity contribution < 1.29 is 9.84 Å². The van der Waals surface area contributed by atoms with Crippen molar-refractivity contribution in [1.29, 1.82) is 0 Å². The highest BCUT2D eigenvalue weighted by Gasteiger charge is 2.13. The normalized spacial score (nSPS) is 12.5. The largest absolute Gasteiger partial charge is 0.394 e. The van der Waals surface area contributed by atoms with E-state index in [1.54, 1.807) is 0 Å². The standard InChI is InChI=1S/C10H23NO2/c1-9(2)7-13-6-5-11-10(3,4)8-12/h9,11-12H,5-8H2,1-4H3. The molecule has 2 N–H and O–H groups in total. The molecule has 0 saturated carbocycles. The lowest BCUT2D eigenvalue weighted by Gasteiger charge is -2.23. The summed E-state index contributed by atoms with van der Waals surface area (Å²) in [4.78, 5) is 0. The number of aliphatic hydroxyl groups excluding tert-OH is 1. The van der Waals surface area contributed by atoms with Gasteiger partial charge >= 0.3 is 0 Å². The van der Waals surface area contributed by atoms with Crippen molar-refractivity contribution in [2.45, 2.75) is 33.2 Å². The summed E-state index contributed by atoms with van der Waals surface area (Å²) >= 11 is 0. The van der Waals surface area contributed by atoms with Crippen molar-refractivity contribution >= 4 is 0 Å². The zero-order valence-electron chi connectivity index (χ0n) is 9.26. The predicted octanol–water partition coefficient (Wildman–Crippen LogP) is 1.02. The predicted molar refractivity (Wildman–Crippen MR) is 54.8 cm³/mol. The summed E-state index contributed by atoms with van der Waals surface area (Å²) in [5.74, 6) is 0.589. The minimum atomic E-state index is -0.193. The monoisotopic (exact) mass is 189 g/mol. The van der Waals surface area contributed by atoms with E-state index in [-0.39, 0.29) is 12.1 Å². The van der Waals surface area contributed by atoms with Crippen LogP contribution >= 0.6 is 0 Å². The number of rotatable bonds is 7. The van der Waals surface area contributed by atoms with Crippen LogP contribution in [0.5, 0.6) is 0 Å².